The zero-order valence-electron chi connectivity index (χ0n) is 16.3. The van der Waals surface area contributed by atoms with Gasteiger partial charge in [-0.05, 0) is 54.4 Å². The van der Waals surface area contributed by atoms with Crippen LogP contribution in [0.5, 0.6) is 0 Å². The lowest BCUT2D eigenvalue weighted by atomic mass is 9.35. The number of fused-ring (bicyclic) bond motifs is 5. The fourth-order valence-corrected chi connectivity index (χ4v) is 7.79. The Morgan fingerprint density at radius 2 is 1.72 bits per heavy atom. The van der Waals surface area contributed by atoms with Gasteiger partial charge in [0, 0.05) is 23.2 Å². The number of hydrogen-bond donors (Lipinski definition) is 1. The van der Waals surface area contributed by atoms with Crippen molar-refractivity contribution in [2.45, 2.75) is 72.8 Å². The first kappa shape index (κ1) is 17.5. The van der Waals surface area contributed by atoms with E-state index >= 15 is 0 Å². The first-order valence-electron chi connectivity index (χ1n) is 9.93. The highest BCUT2D eigenvalue weighted by molar-refractivity contribution is 5.98. The summed E-state index contributed by atoms with van der Waals surface area (Å²) in [6.45, 7) is 11.0. The zero-order valence-corrected chi connectivity index (χ0v) is 16.3. The Morgan fingerprint density at radius 3 is 2.40 bits per heavy atom. The van der Waals surface area contributed by atoms with Crippen LogP contribution in [0.4, 0.5) is 0 Å². The van der Waals surface area contributed by atoms with Gasteiger partial charge in [-0.1, -0.05) is 40.7 Å². The van der Waals surface area contributed by atoms with Crippen LogP contribution >= 0.6 is 0 Å². The van der Waals surface area contributed by atoms with E-state index in [-0.39, 0.29) is 33.9 Å². The first-order chi connectivity index (χ1) is 11.5. The number of rotatable bonds is 0. The highest BCUT2D eigenvalue weighted by Crippen LogP contribution is 2.72. The predicted molar refractivity (Wildman–Crippen MR) is 96.8 cm³/mol. The van der Waals surface area contributed by atoms with E-state index in [1.54, 1.807) is 6.08 Å². The lowest BCUT2D eigenvalue weighted by molar-refractivity contribution is -0.215. The molecule has 0 aromatic rings. The molecule has 25 heavy (non-hydrogen) atoms. The van der Waals surface area contributed by atoms with Gasteiger partial charge in [0.2, 0.25) is 0 Å². The number of ketones is 2. The second-order valence-electron chi connectivity index (χ2n) is 10.5. The minimum atomic E-state index is -0.505. The SMILES string of the molecule is CC1(C)C(=O)CC[C@@]2(C)C1CC[C@]1(C)C2C[C@@H](O)C2C=CC(=O)[C@]21C. The zero-order chi connectivity index (χ0) is 18.4. The Hall–Kier alpha value is -0.960. The molecule has 0 radical (unpaired) electrons. The minimum absolute atomic E-state index is 0.0161. The van der Waals surface area contributed by atoms with E-state index in [1.807, 2.05) is 6.08 Å². The van der Waals surface area contributed by atoms with Crippen molar-refractivity contribution in [3.63, 3.8) is 0 Å². The quantitative estimate of drug-likeness (QED) is 0.724. The largest absolute Gasteiger partial charge is 0.392 e. The number of aliphatic hydroxyl groups excluding tert-OH is 1. The maximum atomic E-state index is 12.9. The molecule has 3 saturated carbocycles. The Morgan fingerprint density at radius 1 is 1.04 bits per heavy atom. The highest BCUT2D eigenvalue weighted by Gasteiger charge is 2.70. The summed E-state index contributed by atoms with van der Waals surface area (Å²) in [5.41, 5.74) is -0.897. The van der Waals surface area contributed by atoms with Gasteiger partial charge < -0.3 is 5.11 Å². The molecule has 138 valence electrons. The van der Waals surface area contributed by atoms with Crippen LogP contribution in [0.2, 0.25) is 0 Å². The van der Waals surface area contributed by atoms with Crippen molar-refractivity contribution in [2.75, 3.05) is 0 Å². The molecule has 0 heterocycles. The molecule has 4 aliphatic rings. The predicted octanol–water partition coefficient (Wildman–Crippen LogP) is 3.94. The maximum absolute atomic E-state index is 12.9. The molecule has 3 unspecified atom stereocenters. The van der Waals surface area contributed by atoms with Crippen LogP contribution in [0.15, 0.2) is 12.2 Å². The topological polar surface area (TPSA) is 54.4 Å². The molecule has 0 aromatic heterocycles. The van der Waals surface area contributed by atoms with Crippen LogP contribution in [0.25, 0.3) is 0 Å². The van der Waals surface area contributed by atoms with Crippen molar-refractivity contribution >= 4 is 11.6 Å². The molecular weight excluding hydrogens is 312 g/mol. The summed E-state index contributed by atoms with van der Waals surface area (Å²) in [4.78, 5) is 25.5. The van der Waals surface area contributed by atoms with Crippen LogP contribution in [0.3, 0.4) is 0 Å². The van der Waals surface area contributed by atoms with E-state index in [0.717, 1.165) is 25.7 Å². The van der Waals surface area contributed by atoms with Gasteiger partial charge in [-0.25, -0.2) is 0 Å². The summed E-state index contributed by atoms with van der Waals surface area (Å²) < 4.78 is 0. The van der Waals surface area contributed by atoms with Crippen LogP contribution in [-0.4, -0.2) is 22.8 Å². The van der Waals surface area contributed by atoms with Crippen molar-refractivity contribution in [1.29, 1.82) is 0 Å². The molecule has 3 heteroatoms. The molecule has 0 bridgehead atoms. The van der Waals surface area contributed by atoms with Gasteiger partial charge in [-0.3, -0.25) is 9.59 Å². The Kier molecular flexibility index (Phi) is 3.39. The lowest BCUT2D eigenvalue weighted by Crippen LogP contribution is -2.66. The van der Waals surface area contributed by atoms with Gasteiger partial charge in [0.05, 0.1) is 6.10 Å². The Balaban J connectivity index is 1.83. The molecule has 4 aliphatic carbocycles. The monoisotopic (exact) mass is 344 g/mol. The fourth-order valence-electron chi connectivity index (χ4n) is 7.79. The van der Waals surface area contributed by atoms with Gasteiger partial charge in [0.15, 0.2) is 5.78 Å². The fraction of sp³-hybridized carbons (Fsp3) is 0.818. The van der Waals surface area contributed by atoms with Crippen molar-refractivity contribution in [3.8, 4) is 0 Å². The van der Waals surface area contributed by atoms with Gasteiger partial charge in [0.1, 0.15) is 5.78 Å². The molecule has 0 aliphatic heterocycles. The summed E-state index contributed by atoms with van der Waals surface area (Å²) in [6.07, 6.45) is 7.48. The summed E-state index contributed by atoms with van der Waals surface area (Å²) in [7, 11) is 0. The molecule has 0 spiro atoms. The number of carbonyl (C=O) groups excluding carboxylic acids is 2. The van der Waals surface area contributed by atoms with Crippen LogP contribution in [-0.2, 0) is 9.59 Å². The van der Waals surface area contributed by atoms with Crippen molar-refractivity contribution in [1.82, 2.24) is 0 Å². The van der Waals surface area contributed by atoms with Crippen LogP contribution < -0.4 is 0 Å². The molecule has 0 saturated heterocycles. The van der Waals surface area contributed by atoms with Gasteiger partial charge in [0.25, 0.3) is 0 Å². The highest BCUT2D eigenvalue weighted by atomic mass is 16.3. The molecule has 4 rings (SSSR count). The van der Waals surface area contributed by atoms with E-state index in [9.17, 15) is 14.7 Å². The molecule has 3 fully saturated rings. The third-order valence-corrected chi connectivity index (χ3v) is 9.51. The average Bonchev–Trinajstić information content (AvgIpc) is 2.84. The van der Waals surface area contributed by atoms with Gasteiger partial charge in [-0.2, -0.15) is 0 Å². The van der Waals surface area contributed by atoms with E-state index in [0.29, 0.717) is 18.1 Å². The van der Waals surface area contributed by atoms with E-state index in [1.165, 1.54) is 0 Å². The van der Waals surface area contributed by atoms with Crippen molar-refractivity contribution in [3.05, 3.63) is 12.2 Å². The third kappa shape index (κ3) is 1.81. The molecular formula is C22H32O3. The standard InChI is InChI=1S/C22H32O3/c1-19(2)15-8-11-21(4)16(20(15,3)10-9-17(19)24)12-14(23)13-6-7-18(25)22(13,21)5/h6-7,13-16,23H,8-12H2,1-5H3/t13?,14-,15?,16?,20+,21-,22+/m1/s1. The summed E-state index contributed by atoms with van der Waals surface area (Å²) >= 11 is 0. The lowest BCUT2D eigenvalue weighted by Gasteiger charge is -2.68. The van der Waals surface area contributed by atoms with Gasteiger partial charge >= 0.3 is 0 Å². The summed E-state index contributed by atoms with van der Waals surface area (Å²) in [5.74, 6) is 1.15. The molecule has 1 N–H and O–H groups in total. The molecule has 0 aromatic carbocycles. The van der Waals surface area contributed by atoms with E-state index in [4.69, 9.17) is 0 Å². The van der Waals surface area contributed by atoms with Crippen molar-refractivity contribution < 1.29 is 14.7 Å². The normalized spacial score (nSPS) is 54.0. The first-order valence-corrected chi connectivity index (χ1v) is 9.93. The Bertz CT molecular complexity index is 677. The number of Topliss-reactive ketones (excluding diaryl/α,β-unsaturated/α-hetero) is 1. The number of carbonyl (C=O) groups is 2. The van der Waals surface area contributed by atoms with Gasteiger partial charge in [-0.15, -0.1) is 0 Å². The Labute approximate surface area is 151 Å². The number of allylic oxidation sites excluding steroid dienone is 1. The summed E-state index contributed by atoms with van der Waals surface area (Å²) in [6, 6.07) is 0. The number of hydrogen-bond acceptors (Lipinski definition) is 3. The minimum Gasteiger partial charge on any atom is -0.392 e. The molecule has 3 nitrogen and oxygen atoms in total. The average molecular weight is 344 g/mol. The van der Waals surface area contributed by atoms with Crippen molar-refractivity contribution in [2.24, 2.45) is 39.4 Å². The second-order valence-corrected chi connectivity index (χ2v) is 10.5. The number of aliphatic hydroxyl groups is 1. The summed E-state index contributed by atoms with van der Waals surface area (Å²) in [5, 5.41) is 10.9. The third-order valence-electron chi connectivity index (χ3n) is 9.51. The smallest absolute Gasteiger partial charge is 0.162 e. The molecule has 7 atom stereocenters. The van der Waals surface area contributed by atoms with Crippen LogP contribution in [0, 0.1) is 39.4 Å². The van der Waals surface area contributed by atoms with Crippen LogP contribution in [0.1, 0.15) is 66.7 Å². The molecule has 0 amide bonds. The van der Waals surface area contributed by atoms with E-state index in [2.05, 4.69) is 34.6 Å². The second kappa shape index (κ2) is 4.85. The van der Waals surface area contributed by atoms with E-state index < -0.39 is 11.5 Å². The maximum Gasteiger partial charge on any atom is 0.162 e.